The molecular weight excluding hydrogens is 349 g/mol. The highest BCUT2D eigenvalue weighted by Gasteiger charge is 2.08. The molecule has 7 nitrogen and oxygen atoms in total. The summed E-state index contributed by atoms with van der Waals surface area (Å²) in [5, 5.41) is 6.39. The van der Waals surface area contributed by atoms with Crippen LogP contribution in [0.15, 0.2) is 35.6 Å². The number of methoxy groups -OCH3 is 1. The van der Waals surface area contributed by atoms with Gasteiger partial charge in [0.2, 0.25) is 0 Å². The van der Waals surface area contributed by atoms with Crippen molar-refractivity contribution in [1.29, 1.82) is 0 Å². The van der Waals surface area contributed by atoms with Gasteiger partial charge in [-0.25, -0.2) is 9.37 Å². The van der Waals surface area contributed by atoms with Crippen molar-refractivity contribution in [2.45, 2.75) is 19.9 Å². The normalized spacial score (nSPS) is 11.6. The van der Waals surface area contributed by atoms with Crippen molar-refractivity contribution in [3.8, 4) is 5.69 Å². The van der Waals surface area contributed by atoms with E-state index < -0.39 is 0 Å². The zero-order chi connectivity index (χ0) is 19.5. The molecule has 148 valence electrons. The quantitative estimate of drug-likeness (QED) is 0.377. The Bertz CT molecular complexity index is 733. The number of aryl methyl sites for hydroxylation is 1. The monoisotopic (exact) mass is 377 g/mol. The van der Waals surface area contributed by atoms with Gasteiger partial charge in [-0.2, -0.15) is 0 Å². The SMILES string of the molecule is CN=C(NCCCOCCOC)NCc1ccc(-n2ccnc2C)c(F)c1. The molecule has 0 amide bonds. The van der Waals surface area contributed by atoms with E-state index in [1.54, 1.807) is 37.2 Å². The first-order chi connectivity index (χ1) is 13.2. The summed E-state index contributed by atoms with van der Waals surface area (Å²) in [6, 6.07) is 5.18. The third kappa shape index (κ3) is 6.65. The number of nitrogens with zero attached hydrogens (tertiary/aromatic N) is 3. The van der Waals surface area contributed by atoms with Gasteiger partial charge in [-0.3, -0.25) is 4.99 Å². The van der Waals surface area contributed by atoms with Crippen LogP contribution in [0.1, 0.15) is 17.8 Å². The number of aliphatic imine (C=N–C) groups is 1. The second-order valence-electron chi connectivity index (χ2n) is 5.94. The zero-order valence-electron chi connectivity index (χ0n) is 16.2. The second-order valence-corrected chi connectivity index (χ2v) is 5.94. The van der Waals surface area contributed by atoms with Crippen LogP contribution in [0.4, 0.5) is 4.39 Å². The van der Waals surface area contributed by atoms with E-state index in [4.69, 9.17) is 9.47 Å². The van der Waals surface area contributed by atoms with E-state index in [0.717, 1.165) is 24.4 Å². The van der Waals surface area contributed by atoms with Gasteiger partial charge in [-0.05, 0) is 31.0 Å². The molecule has 1 heterocycles. The van der Waals surface area contributed by atoms with Crippen LogP contribution in [-0.2, 0) is 16.0 Å². The summed E-state index contributed by atoms with van der Waals surface area (Å²) in [5.41, 5.74) is 1.32. The lowest BCUT2D eigenvalue weighted by atomic mass is 10.2. The van der Waals surface area contributed by atoms with Crippen LogP contribution < -0.4 is 10.6 Å². The van der Waals surface area contributed by atoms with Crippen molar-refractivity contribution in [2.24, 2.45) is 4.99 Å². The van der Waals surface area contributed by atoms with Gasteiger partial charge in [0.05, 0.1) is 18.9 Å². The lowest BCUT2D eigenvalue weighted by Gasteiger charge is -2.13. The van der Waals surface area contributed by atoms with Gasteiger partial charge < -0.3 is 24.7 Å². The fraction of sp³-hybridized carbons (Fsp3) is 0.474. The molecule has 2 aromatic rings. The average molecular weight is 377 g/mol. The molecule has 0 aliphatic rings. The number of rotatable bonds is 10. The number of nitrogens with one attached hydrogen (secondary N) is 2. The highest BCUT2D eigenvalue weighted by atomic mass is 19.1. The third-order valence-electron chi connectivity index (χ3n) is 3.97. The highest BCUT2D eigenvalue weighted by molar-refractivity contribution is 5.79. The van der Waals surface area contributed by atoms with Crippen LogP contribution >= 0.6 is 0 Å². The number of benzene rings is 1. The molecule has 8 heteroatoms. The fourth-order valence-corrected chi connectivity index (χ4v) is 2.52. The Morgan fingerprint density at radius 2 is 2.11 bits per heavy atom. The average Bonchev–Trinajstić information content (AvgIpc) is 3.09. The van der Waals surface area contributed by atoms with Gasteiger partial charge >= 0.3 is 0 Å². The van der Waals surface area contributed by atoms with Gasteiger partial charge in [-0.1, -0.05) is 6.07 Å². The lowest BCUT2D eigenvalue weighted by Crippen LogP contribution is -2.37. The smallest absolute Gasteiger partial charge is 0.191 e. The minimum atomic E-state index is -0.286. The van der Waals surface area contributed by atoms with Crippen LogP contribution in [0.5, 0.6) is 0 Å². The first-order valence-corrected chi connectivity index (χ1v) is 8.95. The number of halogens is 1. The first kappa shape index (κ1) is 20.9. The topological polar surface area (TPSA) is 72.7 Å². The summed E-state index contributed by atoms with van der Waals surface area (Å²) < 4.78 is 26.5. The summed E-state index contributed by atoms with van der Waals surface area (Å²) in [4.78, 5) is 8.30. The molecule has 0 unspecified atom stereocenters. The van der Waals surface area contributed by atoms with E-state index in [2.05, 4.69) is 20.6 Å². The van der Waals surface area contributed by atoms with Crippen LogP contribution in [0.3, 0.4) is 0 Å². The summed E-state index contributed by atoms with van der Waals surface area (Å²) >= 11 is 0. The number of imidazole rings is 1. The van der Waals surface area contributed by atoms with Crippen molar-refractivity contribution >= 4 is 5.96 Å². The summed E-state index contributed by atoms with van der Waals surface area (Å²) in [5.74, 6) is 1.13. The molecule has 0 bridgehead atoms. The van der Waals surface area contributed by atoms with Gasteiger partial charge in [0.25, 0.3) is 0 Å². The predicted octanol–water partition coefficient (Wildman–Crippen LogP) is 2.04. The lowest BCUT2D eigenvalue weighted by molar-refractivity contribution is 0.0698. The summed E-state index contributed by atoms with van der Waals surface area (Å²) in [7, 11) is 3.36. The number of ether oxygens (including phenoxy) is 2. The van der Waals surface area contributed by atoms with Crippen molar-refractivity contribution in [2.75, 3.05) is 40.5 Å². The zero-order valence-corrected chi connectivity index (χ0v) is 16.2. The summed E-state index contributed by atoms with van der Waals surface area (Å²) in [6.07, 6.45) is 4.26. The standard InChI is InChI=1S/C19H28FN5O2/c1-15-22-8-9-25(15)18-6-5-16(13-17(18)20)14-24-19(21-2)23-7-4-10-27-12-11-26-3/h5-6,8-9,13H,4,7,10-12,14H2,1-3H3,(H2,21,23,24). The molecular formula is C19H28FN5O2. The largest absolute Gasteiger partial charge is 0.382 e. The predicted molar refractivity (Wildman–Crippen MR) is 104 cm³/mol. The Kier molecular flexibility index (Phi) is 8.73. The Morgan fingerprint density at radius 1 is 1.26 bits per heavy atom. The number of guanidine groups is 1. The molecule has 0 aliphatic heterocycles. The molecule has 1 aromatic carbocycles. The van der Waals surface area contributed by atoms with Crippen molar-refractivity contribution in [3.63, 3.8) is 0 Å². The van der Waals surface area contributed by atoms with Crippen molar-refractivity contribution < 1.29 is 13.9 Å². The van der Waals surface area contributed by atoms with Crippen LogP contribution in [0.25, 0.3) is 5.69 Å². The molecule has 2 N–H and O–H groups in total. The van der Waals surface area contributed by atoms with Crippen LogP contribution in [0, 0.1) is 12.7 Å². The maximum atomic E-state index is 14.4. The molecule has 1 aromatic heterocycles. The Labute approximate surface area is 159 Å². The molecule has 27 heavy (non-hydrogen) atoms. The van der Waals surface area contributed by atoms with Crippen LogP contribution in [0.2, 0.25) is 0 Å². The minimum absolute atomic E-state index is 0.286. The van der Waals surface area contributed by atoms with E-state index in [1.165, 1.54) is 6.07 Å². The number of aromatic nitrogens is 2. The number of hydrogen-bond donors (Lipinski definition) is 2. The van der Waals surface area contributed by atoms with Gasteiger partial charge in [-0.15, -0.1) is 0 Å². The van der Waals surface area contributed by atoms with Gasteiger partial charge in [0.1, 0.15) is 11.6 Å². The van der Waals surface area contributed by atoms with E-state index >= 15 is 0 Å². The molecule has 0 atom stereocenters. The van der Waals surface area contributed by atoms with E-state index in [9.17, 15) is 4.39 Å². The molecule has 0 radical (unpaired) electrons. The minimum Gasteiger partial charge on any atom is -0.382 e. The molecule has 2 rings (SSSR count). The maximum Gasteiger partial charge on any atom is 0.191 e. The third-order valence-corrected chi connectivity index (χ3v) is 3.97. The molecule has 0 spiro atoms. The van der Waals surface area contributed by atoms with Crippen molar-refractivity contribution in [3.05, 3.63) is 47.8 Å². The van der Waals surface area contributed by atoms with Gasteiger partial charge in [0, 0.05) is 46.2 Å². The van der Waals surface area contributed by atoms with Crippen molar-refractivity contribution in [1.82, 2.24) is 20.2 Å². The fourth-order valence-electron chi connectivity index (χ4n) is 2.52. The second kappa shape index (κ2) is 11.3. The summed E-state index contributed by atoms with van der Waals surface area (Å²) in [6.45, 7) is 4.92. The molecule has 0 saturated heterocycles. The first-order valence-electron chi connectivity index (χ1n) is 8.95. The van der Waals surface area contributed by atoms with E-state index in [1.807, 2.05) is 13.0 Å². The molecule has 0 saturated carbocycles. The molecule has 0 fully saturated rings. The Balaban J connectivity index is 1.78. The molecule has 0 aliphatic carbocycles. The van der Waals surface area contributed by atoms with Crippen LogP contribution in [-0.4, -0.2) is 56.0 Å². The number of hydrogen-bond acceptors (Lipinski definition) is 4. The Hall–Kier alpha value is -2.45. The van der Waals surface area contributed by atoms with E-state index in [-0.39, 0.29) is 5.82 Å². The maximum absolute atomic E-state index is 14.4. The van der Waals surface area contributed by atoms with Gasteiger partial charge in [0.15, 0.2) is 5.96 Å². The highest BCUT2D eigenvalue weighted by Crippen LogP contribution is 2.16. The van der Waals surface area contributed by atoms with E-state index in [0.29, 0.717) is 38.0 Å². The Morgan fingerprint density at radius 3 is 2.78 bits per heavy atom.